The van der Waals surface area contributed by atoms with Crippen molar-refractivity contribution in [2.24, 2.45) is 0 Å². The Morgan fingerprint density at radius 3 is 2.45 bits per heavy atom. The second-order valence-electron chi connectivity index (χ2n) is 4.66. The average Bonchev–Trinajstić information content (AvgIpc) is 2.42. The number of benzene rings is 1. The molecule has 0 bridgehead atoms. The summed E-state index contributed by atoms with van der Waals surface area (Å²) in [5.41, 5.74) is 7.03. The second kappa shape index (κ2) is 7.94. The SMILES string of the molecule is CCOc1cc(N(CCO)C(CC)CC)c(N)cc1F. The molecule has 0 saturated heterocycles. The molecule has 0 aliphatic rings. The molecule has 0 radical (unpaired) electrons. The first-order valence-corrected chi connectivity index (χ1v) is 7.18. The molecule has 4 nitrogen and oxygen atoms in total. The molecule has 0 aliphatic heterocycles. The lowest BCUT2D eigenvalue weighted by atomic mass is 10.1. The number of aliphatic hydroxyl groups is 1. The molecular weight excluding hydrogens is 259 g/mol. The summed E-state index contributed by atoms with van der Waals surface area (Å²) in [6, 6.07) is 3.17. The molecule has 20 heavy (non-hydrogen) atoms. The molecular formula is C15H25FN2O2. The van der Waals surface area contributed by atoms with E-state index >= 15 is 0 Å². The van der Waals surface area contributed by atoms with Gasteiger partial charge in [0.15, 0.2) is 11.6 Å². The summed E-state index contributed by atoms with van der Waals surface area (Å²) in [5.74, 6) is -0.257. The van der Waals surface area contributed by atoms with Gasteiger partial charge in [-0.2, -0.15) is 0 Å². The molecule has 0 spiro atoms. The van der Waals surface area contributed by atoms with E-state index in [0.29, 0.717) is 18.8 Å². The number of anilines is 2. The number of aliphatic hydroxyl groups excluding tert-OH is 1. The summed E-state index contributed by atoms with van der Waals surface area (Å²) in [7, 11) is 0. The Labute approximate surface area is 120 Å². The van der Waals surface area contributed by atoms with E-state index in [1.807, 2.05) is 11.8 Å². The topological polar surface area (TPSA) is 58.7 Å². The maximum Gasteiger partial charge on any atom is 0.167 e. The predicted octanol–water partition coefficient (Wildman–Crippen LogP) is 2.79. The highest BCUT2D eigenvalue weighted by atomic mass is 19.1. The summed E-state index contributed by atoms with van der Waals surface area (Å²) in [5, 5.41) is 9.27. The zero-order valence-electron chi connectivity index (χ0n) is 12.5. The second-order valence-corrected chi connectivity index (χ2v) is 4.66. The summed E-state index contributed by atoms with van der Waals surface area (Å²) in [4.78, 5) is 2.03. The van der Waals surface area contributed by atoms with E-state index in [2.05, 4.69) is 13.8 Å². The monoisotopic (exact) mass is 284 g/mol. The van der Waals surface area contributed by atoms with Crippen molar-refractivity contribution in [3.8, 4) is 5.75 Å². The van der Waals surface area contributed by atoms with Gasteiger partial charge in [-0.3, -0.25) is 0 Å². The smallest absolute Gasteiger partial charge is 0.167 e. The van der Waals surface area contributed by atoms with Crippen molar-refractivity contribution >= 4 is 11.4 Å². The summed E-state index contributed by atoms with van der Waals surface area (Å²) >= 11 is 0. The first-order chi connectivity index (χ1) is 9.58. The van der Waals surface area contributed by atoms with Crippen molar-refractivity contribution < 1.29 is 14.2 Å². The van der Waals surface area contributed by atoms with Gasteiger partial charge in [0, 0.05) is 24.7 Å². The fourth-order valence-corrected chi connectivity index (χ4v) is 2.41. The first kappa shape index (κ1) is 16.6. The van der Waals surface area contributed by atoms with Crippen LogP contribution in [0.2, 0.25) is 0 Å². The Morgan fingerprint density at radius 1 is 1.30 bits per heavy atom. The quantitative estimate of drug-likeness (QED) is 0.721. The van der Waals surface area contributed by atoms with Crippen LogP contribution in [0.3, 0.4) is 0 Å². The van der Waals surface area contributed by atoms with E-state index < -0.39 is 5.82 Å². The summed E-state index contributed by atoms with van der Waals surface area (Å²) < 4.78 is 19.0. The van der Waals surface area contributed by atoms with Gasteiger partial charge in [-0.05, 0) is 19.8 Å². The highest BCUT2D eigenvalue weighted by Gasteiger charge is 2.20. The number of halogens is 1. The Morgan fingerprint density at radius 2 is 1.95 bits per heavy atom. The van der Waals surface area contributed by atoms with Crippen LogP contribution in [0.25, 0.3) is 0 Å². The molecule has 5 heteroatoms. The third-order valence-corrected chi connectivity index (χ3v) is 3.41. The lowest BCUT2D eigenvalue weighted by molar-refractivity contribution is 0.295. The molecule has 114 valence electrons. The van der Waals surface area contributed by atoms with Gasteiger partial charge in [0.05, 0.1) is 24.6 Å². The van der Waals surface area contributed by atoms with Crippen LogP contribution in [0.15, 0.2) is 12.1 Å². The Kier molecular flexibility index (Phi) is 6.58. The molecule has 0 heterocycles. The zero-order chi connectivity index (χ0) is 15.1. The van der Waals surface area contributed by atoms with Crippen molar-refractivity contribution in [3.05, 3.63) is 17.9 Å². The molecule has 0 unspecified atom stereocenters. The van der Waals surface area contributed by atoms with Crippen LogP contribution in [-0.4, -0.2) is 30.9 Å². The highest BCUT2D eigenvalue weighted by Crippen LogP contribution is 2.33. The van der Waals surface area contributed by atoms with Crippen LogP contribution >= 0.6 is 0 Å². The lowest BCUT2D eigenvalue weighted by Crippen LogP contribution is -2.37. The van der Waals surface area contributed by atoms with Crippen molar-refractivity contribution in [2.45, 2.75) is 39.7 Å². The van der Waals surface area contributed by atoms with E-state index in [1.54, 1.807) is 6.07 Å². The van der Waals surface area contributed by atoms with Crippen molar-refractivity contribution in [3.63, 3.8) is 0 Å². The van der Waals surface area contributed by atoms with Gasteiger partial charge >= 0.3 is 0 Å². The molecule has 0 saturated carbocycles. The number of hydrogen-bond donors (Lipinski definition) is 2. The van der Waals surface area contributed by atoms with E-state index in [4.69, 9.17) is 10.5 Å². The largest absolute Gasteiger partial charge is 0.491 e. The van der Waals surface area contributed by atoms with Gasteiger partial charge < -0.3 is 20.5 Å². The van der Waals surface area contributed by atoms with Crippen LogP contribution in [0.5, 0.6) is 5.75 Å². The fourth-order valence-electron chi connectivity index (χ4n) is 2.41. The molecule has 1 rings (SSSR count). The highest BCUT2D eigenvalue weighted by molar-refractivity contribution is 5.70. The fraction of sp³-hybridized carbons (Fsp3) is 0.600. The minimum Gasteiger partial charge on any atom is -0.491 e. The number of ether oxygens (including phenoxy) is 1. The molecule has 0 fully saturated rings. The first-order valence-electron chi connectivity index (χ1n) is 7.18. The normalized spacial score (nSPS) is 10.9. The van der Waals surface area contributed by atoms with Crippen molar-refractivity contribution in [1.82, 2.24) is 0 Å². The van der Waals surface area contributed by atoms with Gasteiger partial charge in [0.1, 0.15) is 0 Å². The van der Waals surface area contributed by atoms with Gasteiger partial charge in [-0.25, -0.2) is 4.39 Å². The van der Waals surface area contributed by atoms with Crippen LogP contribution < -0.4 is 15.4 Å². The third-order valence-electron chi connectivity index (χ3n) is 3.41. The summed E-state index contributed by atoms with van der Waals surface area (Å²) in [6.07, 6.45) is 1.86. The lowest BCUT2D eigenvalue weighted by Gasteiger charge is -2.33. The Hall–Kier alpha value is -1.49. The van der Waals surface area contributed by atoms with Crippen molar-refractivity contribution in [2.75, 3.05) is 30.4 Å². The maximum absolute atomic E-state index is 13.8. The Balaban J connectivity index is 3.20. The van der Waals surface area contributed by atoms with Gasteiger partial charge in [-0.1, -0.05) is 13.8 Å². The van der Waals surface area contributed by atoms with Crippen LogP contribution in [0.1, 0.15) is 33.6 Å². The number of rotatable bonds is 8. The van der Waals surface area contributed by atoms with Crippen LogP contribution in [-0.2, 0) is 0 Å². The number of nitrogens with two attached hydrogens (primary N) is 1. The molecule has 1 aromatic rings. The molecule has 0 amide bonds. The average molecular weight is 284 g/mol. The van der Waals surface area contributed by atoms with Gasteiger partial charge in [0.2, 0.25) is 0 Å². The van der Waals surface area contributed by atoms with Crippen LogP contribution in [0.4, 0.5) is 15.8 Å². The molecule has 3 N–H and O–H groups in total. The summed E-state index contributed by atoms with van der Waals surface area (Å²) in [6.45, 7) is 6.86. The van der Waals surface area contributed by atoms with Gasteiger partial charge in [0.25, 0.3) is 0 Å². The van der Waals surface area contributed by atoms with E-state index in [-0.39, 0.29) is 18.4 Å². The molecule has 0 atom stereocenters. The predicted molar refractivity (Wildman–Crippen MR) is 80.8 cm³/mol. The minimum atomic E-state index is -0.457. The van der Waals surface area contributed by atoms with Crippen LogP contribution in [0, 0.1) is 5.82 Å². The van der Waals surface area contributed by atoms with E-state index in [9.17, 15) is 9.50 Å². The van der Waals surface area contributed by atoms with E-state index in [0.717, 1.165) is 18.5 Å². The standard InChI is InChI=1S/C15H25FN2O2/c1-4-11(5-2)18(7-8-19)14-10-15(20-6-3)12(16)9-13(14)17/h9-11,19H,4-8,17H2,1-3H3. The molecule has 0 aromatic heterocycles. The number of nitrogens with zero attached hydrogens (tertiary/aromatic N) is 1. The van der Waals surface area contributed by atoms with Gasteiger partial charge in [-0.15, -0.1) is 0 Å². The molecule has 1 aromatic carbocycles. The van der Waals surface area contributed by atoms with E-state index in [1.165, 1.54) is 6.07 Å². The number of hydrogen-bond acceptors (Lipinski definition) is 4. The number of nitrogen functional groups attached to an aromatic ring is 1. The Bertz CT molecular complexity index is 423. The maximum atomic E-state index is 13.8. The minimum absolute atomic E-state index is 0.0251. The third kappa shape index (κ3) is 3.76. The van der Waals surface area contributed by atoms with Crippen molar-refractivity contribution in [1.29, 1.82) is 0 Å². The molecule has 0 aliphatic carbocycles. The zero-order valence-corrected chi connectivity index (χ0v) is 12.5.